The van der Waals surface area contributed by atoms with Crippen LogP contribution < -0.4 is 5.76 Å². The molecule has 1 amide bonds. The molecule has 0 unspecified atom stereocenters. The number of carbonyl (C=O) groups is 1. The van der Waals surface area contributed by atoms with Crippen LogP contribution in [-0.4, -0.2) is 46.5 Å². The van der Waals surface area contributed by atoms with Crippen LogP contribution in [0.3, 0.4) is 0 Å². The number of rotatable bonds is 5. The highest BCUT2D eigenvalue weighted by Gasteiger charge is 2.22. The van der Waals surface area contributed by atoms with Crippen molar-refractivity contribution in [2.24, 2.45) is 0 Å². The van der Waals surface area contributed by atoms with Crippen molar-refractivity contribution in [3.05, 3.63) is 82.8 Å². The summed E-state index contributed by atoms with van der Waals surface area (Å²) in [4.78, 5) is 29.2. The van der Waals surface area contributed by atoms with Gasteiger partial charge in [-0.1, -0.05) is 54.6 Å². The summed E-state index contributed by atoms with van der Waals surface area (Å²) in [5, 5.41) is 2.55. The number of hydrogen-bond donors (Lipinski definition) is 0. The van der Waals surface area contributed by atoms with Crippen molar-refractivity contribution < 1.29 is 9.21 Å². The number of benzene rings is 3. The number of amides is 1. The first-order valence-electron chi connectivity index (χ1n) is 10.7. The quantitative estimate of drug-likeness (QED) is 0.501. The van der Waals surface area contributed by atoms with Crippen LogP contribution in [0.4, 0.5) is 0 Å². The molecule has 0 spiro atoms. The predicted octanol–water partition coefficient (Wildman–Crippen LogP) is 3.48. The SMILES string of the molecule is O=C(CCn1c(=O)oc2ccccc21)N1CCN(Cc2cccc3ccccc23)CC1. The fourth-order valence-corrected chi connectivity index (χ4v) is 4.42. The Kier molecular flexibility index (Phi) is 5.30. The number of piperazine rings is 1. The van der Waals surface area contributed by atoms with Gasteiger partial charge in [0.05, 0.1) is 5.52 Å². The highest BCUT2D eigenvalue weighted by molar-refractivity contribution is 5.85. The summed E-state index contributed by atoms with van der Waals surface area (Å²) in [7, 11) is 0. The summed E-state index contributed by atoms with van der Waals surface area (Å²) in [6.07, 6.45) is 0.298. The van der Waals surface area contributed by atoms with E-state index in [9.17, 15) is 9.59 Å². The zero-order valence-electron chi connectivity index (χ0n) is 17.4. The molecule has 1 fully saturated rings. The molecule has 1 aliphatic heterocycles. The lowest BCUT2D eigenvalue weighted by Gasteiger charge is -2.35. The summed E-state index contributed by atoms with van der Waals surface area (Å²) in [5.74, 6) is -0.323. The molecule has 158 valence electrons. The van der Waals surface area contributed by atoms with E-state index in [2.05, 4.69) is 47.4 Å². The number of fused-ring (bicyclic) bond motifs is 2. The molecule has 6 heteroatoms. The summed E-state index contributed by atoms with van der Waals surface area (Å²) in [6.45, 7) is 4.35. The minimum atomic E-state index is -0.408. The Bertz CT molecular complexity index is 1280. The van der Waals surface area contributed by atoms with Crippen LogP contribution in [-0.2, 0) is 17.9 Å². The van der Waals surface area contributed by atoms with E-state index in [-0.39, 0.29) is 5.91 Å². The Morgan fingerprint density at radius 1 is 0.871 bits per heavy atom. The number of oxazole rings is 1. The van der Waals surface area contributed by atoms with Crippen LogP contribution in [0.15, 0.2) is 75.9 Å². The van der Waals surface area contributed by atoms with Gasteiger partial charge in [-0.15, -0.1) is 0 Å². The van der Waals surface area contributed by atoms with Crippen LogP contribution >= 0.6 is 0 Å². The van der Waals surface area contributed by atoms with E-state index in [0.717, 1.165) is 25.2 Å². The van der Waals surface area contributed by atoms with Gasteiger partial charge in [0.25, 0.3) is 0 Å². The molecule has 6 nitrogen and oxygen atoms in total. The Labute approximate surface area is 180 Å². The first kappa shape index (κ1) is 19.6. The van der Waals surface area contributed by atoms with Crippen molar-refractivity contribution in [1.29, 1.82) is 0 Å². The Balaban J connectivity index is 1.18. The number of para-hydroxylation sites is 2. The Morgan fingerprint density at radius 3 is 2.48 bits per heavy atom. The monoisotopic (exact) mass is 415 g/mol. The molecule has 0 N–H and O–H groups in total. The highest BCUT2D eigenvalue weighted by atomic mass is 16.4. The molecule has 2 heterocycles. The molecule has 0 bridgehead atoms. The molecule has 1 aliphatic rings. The summed E-state index contributed by atoms with van der Waals surface area (Å²) in [6, 6.07) is 22.2. The van der Waals surface area contributed by atoms with Gasteiger partial charge < -0.3 is 9.32 Å². The van der Waals surface area contributed by atoms with E-state index >= 15 is 0 Å². The fraction of sp³-hybridized carbons (Fsp3) is 0.280. The number of aryl methyl sites for hydroxylation is 1. The summed E-state index contributed by atoms with van der Waals surface area (Å²) >= 11 is 0. The third kappa shape index (κ3) is 3.99. The molecule has 0 aliphatic carbocycles. The van der Waals surface area contributed by atoms with Crippen LogP contribution in [0.1, 0.15) is 12.0 Å². The summed E-state index contributed by atoms with van der Waals surface area (Å²) < 4.78 is 6.80. The van der Waals surface area contributed by atoms with Crippen molar-refractivity contribution in [3.8, 4) is 0 Å². The lowest BCUT2D eigenvalue weighted by atomic mass is 10.0. The molecule has 31 heavy (non-hydrogen) atoms. The van der Waals surface area contributed by atoms with Crippen molar-refractivity contribution in [1.82, 2.24) is 14.4 Å². The van der Waals surface area contributed by atoms with E-state index in [1.54, 1.807) is 10.6 Å². The topological polar surface area (TPSA) is 58.7 Å². The van der Waals surface area contributed by atoms with Gasteiger partial charge in [-0.05, 0) is 28.5 Å². The highest BCUT2D eigenvalue weighted by Crippen LogP contribution is 2.21. The van der Waals surface area contributed by atoms with E-state index < -0.39 is 5.76 Å². The zero-order chi connectivity index (χ0) is 21.2. The number of nitrogens with zero attached hydrogens (tertiary/aromatic N) is 3. The van der Waals surface area contributed by atoms with Crippen LogP contribution in [0.2, 0.25) is 0 Å². The minimum Gasteiger partial charge on any atom is -0.408 e. The van der Waals surface area contributed by atoms with Crippen molar-refractivity contribution >= 4 is 27.8 Å². The second kappa shape index (κ2) is 8.40. The van der Waals surface area contributed by atoms with Crippen molar-refractivity contribution in [3.63, 3.8) is 0 Å². The second-order valence-corrected chi connectivity index (χ2v) is 8.03. The molecule has 4 aromatic rings. The van der Waals surface area contributed by atoms with Gasteiger partial charge in [0, 0.05) is 45.7 Å². The largest absolute Gasteiger partial charge is 0.419 e. The molecule has 5 rings (SSSR count). The van der Waals surface area contributed by atoms with Crippen molar-refractivity contribution in [2.75, 3.05) is 26.2 Å². The van der Waals surface area contributed by atoms with Crippen LogP contribution in [0.5, 0.6) is 0 Å². The molecule has 1 aromatic heterocycles. The average molecular weight is 415 g/mol. The van der Waals surface area contributed by atoms with Gasteiger partial charge >= 0.3 is 5.76 Å². The predicted molar refractivity (Wildman–Crippen MR) is 121 cm³/mol. The van der Waals surface area contributed by atoms with Crippen LogP contribution in [0, 0.1) is 0 Å². The molecule has 3 aromatic carbocycles. The van der Waals surface area contributed by atoms with Gasteiger partial charge in [-0.2, -0.15) is 0 Å². The molecular formula is C25H25N3O3. The van der Waals surface area contributed by atoms with E-state index in [0.29, 0.717) is 31.6 Å². The zero-order valence-corrected chi connectivity index (χ0v) is 17.4. The maximum Gasteiger partial charge on any atom is 0.419 e. The standard InChI is InChI=1S/C25H25N3O3/c29-24(12-13-28-22-10-3-4-11-23(22)31-25(28)30)27-16-14-26(15-17-27)18-20-8-5-7-19-6-1-2-9-21(19)20/h1-11H,12-18H2. The minimum absolute atomic E-state index is 0.0852. The Morgan fingerprint density at radius 2 is 1.61 bits per heavy atom. The summed E-state index contributed by atoms with van der Waals surface area (Å²) in [5.41, 5.74) is 2.62. The van der Waals surface area contributed by atoms with E-state index in [1.807, 2.05) is 23.1 Å². The van der Waals surface area contributed by atoms with Gasteiger partial charge in [0.2, 0.25) is 5.91 Å². The Hall–Kier alpha value is -3.38. The second-order valence-electron chi connectivity index (χ2n) is 8.03. The molecule has 0 radical (unpaired) electrons. The number of hydrogen-bond acceptors (Lipinski definition) is 4. The molecular weight excluding hydrogens is 390 g/mol. The van der Waals surface area contributed by atoms with Gasteiger partial charge in [-0.3, -0.25) is 14.3 Å². The fourth-order valence-electron chi connectivity index (χ4n) is 4.42. The normalized spacial score (nSPS) is 15.0. The van der Waals surface area contributed by atoms with Crippen LogP contribution in [0.25, 0.3) is 21.9 Å². The smallest absolute Gasteiger partial charge is 0.408 e. The van der Waals surface area contributed by atoms with Gasteiger partial charge in [0.1, 0.15) is 0 Å². The maximum absolute atomic E-state index is 12.7. The number of carbonyl (C=O) groups excluding carboxylic acids is 1. The van der Waals surface area contributed by atoms with E-state index in [1.165, 1.54) is 16.3 Å². The first-order chi connectivity index (χ1) is 15.2. The molecule has 0 atom stereocenters. The van der Waals surface area contributed by atoms with Gasteiger partial charge in [-0.25, -0.2) is 4.79 Å². The average Bonchev–Trinajstić information content (AvgIpc) is 3.13. The van der Waals surface area contributed by atoms with Crippen molar-refractivity contribution in [2.45, 2.75) is 19.5 Å². The van der Waals surface area contributed by atoms with E-state index in [4.69, 9.17) is 4.42 Å². The lowest BCUT2D eigenvalue weighted by Crippen LogP contribution is -2.48. The molecule has 1 saturated heterocycles. The molecule has 0 saturated carbocycles. The lowest BCUT2D eigenvalue weighted by molar-refractivity contribution is -0.133. The van der Waals surface area contributed by atoms with Gasteiger partial charge in [0.15, 0.2) is 5.58 Å². The maximum atomic E-state index is 12.7. The number of aromatic nitrogens is 1. The third-order valence-corrected chi connectivity index (χ3v) is 6.12. The third-order valence-electron chi connectivity index (χ3n) is 6.12. The first-order valence-corrected chi connectivity index (χ1v) is 10.7.